The molecule has 0 aliphatic carbocycles. The second-order valence-corrected chi connectivity index (χ2v) is 4.51. The number of benzene rings is 1. The van der Waals surface area contributed by atoms with Gasteiger partial charge in [-0.1, -0.05) is 17.7 Å². The minimum Gasteiger partial charge on any atom is -0.396 e. The lowest BCUT2D eigenvalue weighted by Gasteiger charge is -2.06. The van der Waals surface area contributed by atoms with Gasteiger partial charge in [-0.15, -0.1) is 0 Å². The molecule has 0 saturated heterocycles. The highest BCUT2D eigenvalue weighted by molar-refractivity contribution is 6.34. The number of aliphatic hydroxyl groups excluding tert-OH is 1. The fraction of sp³-hybridized carbons (Fsp3) is 0.417. The zero-order chi connectivity index (χ0) is 11.7. The van der Waals surface area contributed by atoms with Crippen molar-refractivity contribution in [2.24, 2.45) is 0 Å². The molecule has 1 aromatic carbocycles. The Bertz CT molecular complexity index is 505. The average Bonchev–Trinajstić information content (AvgIpc) is 2.57. The van der Waals surface area contributed by atoms with E-state index in [0.717, 1.165) is 16.5 Å². The maximum atomic E-state index is 8.90. The number of rotatable bonds is 3. The molecular formula is C12H15ClN2O. The summed E-state index contributed by atoms with van der Waals surface area (Å²) in [5, 5.41) is 14.7. The third-order valence-corrected chi connectivity index (χ3v) is 2.89. The van der Waals surface area contributed by atoms with Crippen LogP contribution in [0.3, 0.4) is 0 Å². The van der Waals surface area contributed by atoms with Gasteiger partial charge in [0.05, 0.1) is 5.52 Å². The summed E-state index contributed by atoms with van der Waals surface area (Å²) in [5.74, 6) is 0. The zero-order valence-electron chi connectivity index (χ0n) is 9.44. The van der Waals surface area contributed by atoms with Crippen molar-refractivity contribution in [3.63, 3.8) is 0 Å². The van der Waals surface area contributed by atoms with E-state index in [4.69, 9.17) is 16.7 Å². The van der Waals surface area contributed by atoms with Gasteiger partial charge in [0.1, 0.15) is 0 Å². The molecule has 1 aromatic heterocycles. The third-order valence-electron chi connectivity index (χ3n) is 2.62. The molecule has 0 aliphatic rings. The standard InChI is InChI=1S/C12H15ClN2O/c1-8(2)15-11-4-3-9(5-6-16)7-10(11)12(13)14-15/h3-4,7-8,16H,5-6H2,1-2H3. The van der Waals surface area contributed by atoms with E-state index in [1.807, 2.05) is 22.9 Å². The van der Waals surface area contributed by atoms with Crippen LogP contribution >= 0.6 is 11.6 Å². The number of aromatic nitrogens is 2. The Balaban J connectivity index is 2.57. The lowest BCUT2D eigenvalue weighted by atomic mass is 10.1. The SMILES string of the molecule is CC(C)n1nc(Cl)c2cc(CCO)ccc21. The molecule has 0 atom stereocenters. The molecule has 2 rings (SSSR count). The van der Waals surface area contributed by atoms with Crippen LogP contribution < -0.4 is 0 Å². The van der Waals surface area contributed by atoms with Crippen LogP contribution in [0.4, 0.5) is 0 Å². The summed E-state index contributed by atoms with van der Waals surface area (Å²) in [5.41, 5.74) is 2.13. The molecule has 0 unspecified atom stereocenters. The second-order valence-electron chi connectivity index (χ2n) is 4.15. The summed E-state index contributed by atoms with van der Waals surface area (Å²) in [4.78, 5) is 0. The second kappa shape index (κ2) is 4.44. The lowest BCUT2D eigenvalue weighted by molar-refractivity contribution is 0.299. The van der Waals surface area contributed by atoms with E-state index in [-0.39, 0.29) is 6.61 Å². The Kier molecular flexibility index (Phi) is 3.17. The van der Waals surface area contributed by atoms with Gasteiger partial charge < -0.3 is 5.11 Å². The molecule has 0 saturated carbocycles. The van der Waals surface area contributed by atoms with Crippen LogP contribution in [0.1, 0.15) is 25.5 Å². The number of hydrogen-bond acceptors (Lipinski definition) is 2. The van der Waals surface area contributed by atoms with E-state index in [2.05, 4.69) is 18.9 Å². The first kappa shape index (κ1) is 11.4. The van der Waals surface area contributed by atoms with Crippen LogP contribution in [0.25, 0.3) is 10.9 Å². The molecule has 0 radical (unpaired) electrons. The van der Waals surface area contributed by atoms with E-state index in [1.165, 1.54) is 0 Å². The normalized spacial score (nSPS) is 11.6. The average molecular weight is 239 g/mol. The predicted octanol–water partition coefficient (Wildman–Crippen LogP) is 2.81. The fourth-order valence-corrected chi connectivity index (χ4v) is 2.06. The van der Waals surface area contributed by atoms with E-state index < -0.39 is 0 Å². The van der Waals surface area contributed by atoms with Crippen molar-refractivity contribution in [2.75, 3.05) is 6.61 Å². The Morgan fingerprint density at radius 3 is 2.81 bits per heavy atom. The molecule has 1 heterocycles. The summed E-state index contributed by atoms with van der Waals surface area (Å²) >= 11 is 6.10. The van der Waals surface area contributed by atoms with Crippen molar-refractivity contribution in [3.05, 3.63) is 28.9 Å². The number of nitrogens with zero attached hydrogens (tertiary/aromatic N) is 2. The fourth-order valence-electron chi connectivity index (χ4n) is 1.83. The Hall–Kier alpha value is -1.06. The molecule has 2 aromatic rings. The highest BCUT2D eigenvalue weighted by Gasteiger charge is 2.11. The van der Waals surface area contributed by atoms with E-state index >= 15 is 0 Å². The predicted molar refractivity (Wildman–Crippen MR) is 65.9 cm³/mol. The molecule has 0 aliphatic heterocycles. The molecule has 1 N–H and O–H groups in total. The first-order valence-electron chi connectivity index (χ1n) is 5.41. The quantitative estimate of drug-likeness (QED) is 0.893. The first-order chi connectivity index (χ1) is 7.63. The van der Waals surface area contributed by atoms with Crippen LogP contribution in [0.15, 0.2) is 18.2 Å². The van der Waals surface area contributed by atoms with Crippen LogP contribution in [-0.2, 0) is 6.42 Å². The van der Waals surface area contributed by atoms with Crippen LogP contribution in [0.5, 0.6) is 0 Å². The lowest BCUT2D eigenvalue weighted by Crippen LogP contribution is -2.02. The van der Waals surface area contributed by atoms with Gasteiger partial charge in [-0.3, -0.25) is 4.68 Å². The monoisotopic (exact) mass is 238 g/mol. The van der Waals surface area contributed by atoms with Crippen molar-refractivity contribution in [1.82, 2.24) is 9.78 Å². The van der Waals surface area contributed by atoms with Gasteiger partial charge in [0.2, 0.25) is 0 Å². The highest BCUT2D eigenvalue weighted by atomic mass is 35.5. The van der Waals surface area contributed by atoms with Gasteiger partial charge in [-0.2, -0.15) is 5.10 Å². The minimum absolute atomic E-state index is 0.154. The van der Waals surface area contributed by atoms with Gasteiger partial charge in [-0.05, 0) is 38.0 Å². The summed E-state index contributed by atoms with van der Waals surface area (Å²) < 4.78 is 1.92. The largest absolute Gasteiger partial charge is 0.396 e. The molecule has 3 nitrogen and oxygen atoms in total. The van der Waals surface area contributed by atoms with Gasteiger partial charge in [0.25, 0.3) is 0 Å². The van der Waals surface area contributed by atoms with Crippen molar-refractivity contribution < 1.29 is 5.11 Å². The molecule has 0 bridgehead atoms. The van der Waals surface area contributed by atoms with Gasteiger partial charge >= 0.3 is 0 Å². The van der Waals surface area contributed by atoms with Gasteiger partial charge in [0.15, 0.2) is 5.15 Å². The zero-order valence-corrected chi connectivity index (χ0v) is 10.2. The molecule has 0 amide bonds. The third kappa shape index (κ3) is 1.93. The summed E-state index contributed by atoms with van der Waals surface area (Å²) in [7, 11) is 0. The summed E-state index contributed by atoms with van der Waals surface area (Å²) in [6, 6.07) is 6.31. The molecule has 0 spiro atoms. The Morgan fingerprint density at radius 1 is 1.44 bits per heavy atom. The maximum Gasteiger partial charge on any atom is 0.158 e. The van der Waals surface area contributed by atoms with E-state index in [0.29, 0.717) is 17.6 Å². The minimum atomic E-state index is 0.154. The number of aliphatic hydroxyl groups is 1. The Morgan fingerprint density at radius 2 is 2.19 bits per heavy atom. The Labute approximate surface area is 99.6 Å². The van der Waals surface area contributed by atoms with Crippen molar-refractivity contribution in [1.29, 1.82) is 0 Å². The van der Waals surface area contributed by atoms with Crippen LogP contribution in [-0.4, -0.2) is 21.5 Å². The molecule has 4 heteroatoms. The smallest absolute Gasteiger partial charge is 0.158 e. The summed E-state index contributed by atoms with van der Waals surface area (Å²) in [6.45, 7) is 4.30. The summed E-state index contributed by atoms with van der Waals surface area (Å²) in [6.07, 6.45) is 0.652. The van der Waals surface area contributed by atoms with Crippen molar-refractivity contribution in [3.8, 4) is 0 Å². The maximum absolute atomic E-state index is 8.90. The van der Waals surface area contributed by atoms with Crippen LogP contribution in [0, 0.1) is 0 Å². The molecule has 16 heavy (non-hydrogen) atoms. The number of halogens is 1. The van der Waals surface area contributed by atoms with E-state index in [1.54, 1.807) is 0 Å². The van der Waals surface area contributed by atoms with Gasteiger partial charge in [0, 0.05) is 18.0 Å². The molecule has 86 valence electrons. The van der Waals surface area contributed by atoms with Crippen molar-refractivity contribution >= 4 is 22.5 Å². The highest BCUT2D eigenvalue weighted by Crippen LogP contribution is 2.26. The number of hydrogen-bond donors (Lipinski definition) is 1. The van der Waals surface area contributed by atoms with Crippen LogP contribution in [0.2, 0.25) is 5.15 Å². The molecule has 0 fully saturated rings. The first-order valence-corrected chi connectivity index (χ1v) is 5.78. The molecular weight excluding hydrogens is 224 g/mol. The van der Waals surface area contributed by atoms with Gasteiger partial charge in [-0.25, -0.2) is 0 Å². The van der Waals surface area contributed by atoms with E-state index in [9.17, 15) is 0 Å². The topological polar surface area (TPSA) is 38.0 Å². The van der Waals surface area contributed by atoms with Crippen molar-refractivity contribution in [2.45, 2.75) is 26.3 Å². The number of fused-ring (bicyclic) bond motifs is 1.